The normalized spacial score (nSPS) is 13.3. The lowest BCUT2D eigenvalue weighted by atomic mass is 10.1. The number of hydrogen-bond donors (Lipinski definition) is 1. The van der Waals surface area contributed by atoms with E-state index in [9.17, 15) is 0 Å². The Balaban J connectivity index is 2.25. The van der Waals surface area contributed by atoms with Crippen molar-refractivity contribution in [2.45, 2.75) is 53.1 Å². The van der Waals surface area contributed by atoms with E-state index in [-0.39, 0.29) is 0 Å². The molecule has 1 heterocycles. The number of nitrogens with zero attached hydrogens (tertiary/aromatic N) is 3. The molecule has 1 atom stereocenters. The fourth-order valence-corrected chi connectivity index (χ4v) is 1.96. The molecule has 0 spiro atoms. The van der Waals surface area contributed by atoms with Crippen LogP contribution in [0.1, 0.15) is 39.9 Å². The Hall–Kier alpha value is -0.900. The lowest BCUT2D eigenvalue weighted by Gasteiger charge is -2.16. The predicted octanol–water partition coefficient (Wildman–Crippen LogP) is 1.86. The van der Waals surface area contributed by atoms with Crippen molar-refractivity contribution in [3.63, 3.8) is 0 Å². The minimum atomic E-state index is 0.585. The van der Waals surface area contributed by atoms with Crippen molar-refractivity contribution in [1.82, 2.24) is 20.1 Å². The van der Waals surface area contributed by atoms with Crippen LogP contribution in [0.4, 0.5) is 0 Å². The van der Waals surface area contributed by atoms with Crippen molar-refractivity contribution in [1.29, 1.82) is 0 Å². The van der Waals surface area contributed by atoms with Crippen LogP contribution in [0.25, 0.3) is 0 Å². The molecule has 1 rings (SSSR count). The second kappa shape index (κ2) is 6.63. The molecule has 1 N–H and O–H groups in total. The summed E-state index contributed by atoms with van der Waals surface area (Å²) in [6, 6.07) is 0.585. The fourth-order valence-electron chi connectivity index (χ4n) is 1.96. The Morgan fingerprint density at radius 3 is 2.75 bits per heavy atom. The van der Waals surface area contributed by atoms with E-state index in [4.69, 9.17) is 0 Å². The molecular formula is C12H24N4. The predicted molar refractivity (Wildman–Crippen MR) is 66.3 cm³/mol. The van der Waals surface area contributed by atoms with Crippen molar-refractivity contribution in [3.05, 3.63) is 12.2 Å². The van der Waals surface area contributed by atoms with Crippen LogP contribution in [0.3, 0.4) is 0 Å². The highest BCUT2D eigenvalue weighted by Gasteiger charge is 2.05. The number of aryl methyl sites for hydroxylation is 1. The first-order valence-electron chi connectivity index (χ1n) is 6.23. The molecule has 0 amide bonds. The highest BCUT2D eigenvalue weighted by atomic mass is 15.3. The van der Waals surface area contributed by atoms with Crippen molar-refractivity contribution < 1.29 is 0 Å². The van der Waals surface area contributed by atoms with Crippen molar-refractivity contribution in [3.8, 4) is 0 Å². The smallest absolute Gasteiger partial charge is 0.132 e. The maximum atomic E-state index is 4.07. The molecule has 1 aromatic rings. The zero-order valence-corrected chi connectivity index (χ0v) is 10.9. The van der Waals surface area contributed by atoms with Gasteiger partial charge in [0.25, 0.3) is 0 Å². The van der Waals surface area contributed by atoms with Gasteiger partial charge in [0, 0.05) is 25.6 Å². The van der Waals surface area contributed by atoms with Crippen LogP contribution >= 0.6 is 0 Å². The molecule has 4 nitrogen and oxygen atoms in total. The average molecular weight is 224 g/mol. The van der Waals surface area contributed by atoms with E-state index in [2.05, 4.69) is 47.8 Å². The second-order valence-corrected chi connectivity index (χ2v) is 4.78. The van der Waals surface area contributed by atoms with E-state index in [1.54, 1.807) is 0 Å². The van der Waals surface area contributed by atoms with Gasteiger partial charge < -0.3 is 9.88 Å². The maximum absolute atomic E-state index is 4.07. The van der Waals surface area contributed by atoms with Crippen LogP contribution in [0.5, 0.6) is 0 Å². The van der Waals surface area contributed by atoms with Gasteiger partial charge in [0.2, 0.25) is 0 Å². The third kappa shape index (κ3) is 4.31. The van der Waals surface area contributed by atoms with Crippen LogP contribution in [0.2, 0.25) is 0 Å². The summed E-state index contributed by atoms with van der Waals surface area (Å²) in [4.78, 5) is 0. The lowest BCUT2D eigenvalue weighted by Crippen LogP contribution is -2.30. The maximum Gasteiger partial charge on any atom is 0.132 e. The van der Waals surface area contributed by atoms with Gasteiger partial charge in [0.1, 0.15) is 12.2 Å². The highest BCUT2D eigenvalue weighted by Crippen LogP contribution is 2.03. The van der Waals surface area contributed by atoms with Crippen molar-refractivity contribution in [2.24, 2.45) is 5.92 Å². The standard InChI is InChI=1S/C12H24N4/c1-5-12-15-14-9-16(12)7-6-13-11(4)8-10(2)3/h9-11,13H,5-8H2,1-4H3. The first-order valence-corrected chi connectivity index (χ1v) is 6.23. The minimum Gasteiger partial charge on any atom is -0.316 e. The van der Waals surface area contributed by atoms with Crippen LogP contribution in [-0.2, 0) is 13.0 Å². The van der Waals surface area contributed by atoms with E-state index in [0.717, 1.165) is 31.3 Å². The molecule has 0 radical (unpaired) electrons. The summed E-state index contributed by atoms with van der Waals surface area (Å²) in [5.74, 6) is 1.82. The Morgan fingerprint density at radius 2 is 2.12 bits per heavy atom. The first kappa shape index (κ1) is 13.2. The van der Waals surface area contributed by atoms with E-state index in [1.807, 2.05) is 6.33 Å². The summed E-state index contributed by atoms with van der Waals surface area (Å²) in [5, 5.41) is 11.5. The van der Waals surface area contributed by atoms with Gasteiger partial charge in [-0.05, 0) is 19.3 Å². The third-order valence-corrected chi connectivity index (χ3v) is 2.68. The Kier molecular flexibility index (Phi) is 5.46. The van der Waals surface area contributed by atoms with E-state index in [1.165, 1.54) is 6.42 Å². The Morgan fingerprint density at radius 1 is 1.38 bits per heavy atom. The molecule has 0 aromatic carbocycles. The number of hydrogen-bond acceptors (Lipinski definition) is 3. The molecule has 92 valence electrons. The number of rotatable bonds is 7. The molecule has 0 saturated heterocycles. The molecular weight excluding hydrogens is 200 g/mol. The zero-order valence-electron chi connectivity index (χ0n) is 10.9. The van der Waals surface area contributed by atoms with Crippen LogP contribution in [0.15, 0.2) is 6.33 Å². The number of nitrogens with one attached hydrogen (secondary N) is 1. The van der Waals surface area contributed by atoms with Gasteiger partial charge in [0.05, 0.1) is 0 Å². The van der Waals surface area contributed by atoms with Gasteiger partial charge >= 0.3 is 0 Å². The van der Waals surface area contributed by atoms with Gasteiger partial charge in [-0.3, -0.25) is 0 Å². The van der Waals surface area contributed by atoms with Crippen LogP contribution in [-0.4, -0.2) is 27.4 Å². The first-order chi connectivity index (χ1) is 7.63. The quantitative estimate of drug-likeness (QED) is 0.769. The largest absolute Gasteiger partial charge is 0.316 e. The monoisotopic (exact) mass is 224 g/mol. The van der Waals surface area contributed by atoms with Crippen molar-refractivity contribution in [2.75, 3.05) is 6.54 Å². The lowest BCUT2D eigenvalue weighted by molar-refractivity contribution is 0.430. The molecule has 0 bridgehead atoms. The molecule has 0 aliphatic heterocycles. The Bertz CT molecular complexity index is 293. The summed E-state index contributed by atoms with van der Waals surface area (Å²) < 4.78 is 2.12. The molecule has 0 aliphatic rings. The van der Waals surface area contributed by atoms with Gasteiger partial charge in [-0.15, -0.1) is 10.2 Å². The summed E-state index contributed by atoms with van der Waals surface area (Å²) in [6.45, 7) is 10.8. The molecule has 1 aromatic heterocycles. The summed E-state index contributed by atoms with van der Waals surface area (Å²) in [7, 11) is 0. The molecule has 0 fully saturated rings. The average Bonchev–Trinajstić information content (AvgIpc) is 2.64. The van der Waals surface area contributed by atoms with Gasteiger partial charge in [0.15, 0.2) is 0 Å². The summed E-state index contributed by atoms with van der Waals surface area (Å²) in [5.41, 5.74) is 0. The van der Waals surface area contributed by atoms with E-state index >= 15 is 0 Å². The molecule has 16 heavy (non-hydrogen) atoms. The highest BCUT2D eigenvalue weighted by molar-refractivity contribution is 4.84. The van der Waals surface area contributed by atoms with Gasteiger partial charge in [-0.1, -0.05) is 20.8 Å². The molecule has 1 unspecified atom stereocenters. The fraction of sp³-hybridized carbons (Fsp3) is 0.833. The van der Waals surface area contributed by atoms with Crippen LogP contribution in [0, 0.1) is 5.92 Å². The minimum absolute atomic E-state index is 0.585. The molecule has 4 heteroatoms. The summed E-state index contributed by atoms with van der Waals surface area (Å²) >= 11 is 0. The Labute approximate surface area is 98.5 Å². The number of aromatic nitrogens is 3. The summed E-state index contributed by atoms with van der Waals surface area (Å²) in [6.07, 6.45) is 3.98. The van der Waals surface area contributed by atoms with Gasteiger partial charge in [-0.25, -0.2) is 0 Å². The van der Waals surface area contributed by atoms with E-state index < -0.39 is 0 Å². The van der Waals surface area contributed by atoms with Gasteiger partial charge in [-0.2, -0.15) is 0 Å². The molecule has 0 aliphatic carbocycles. The van der Waals surface area contributed by atoms with E-state index in [0.29, 0.717) is 6.04 Å². The topological polar surface area (TPSA) is 42.7 Å². The molecule has 0 saturated carbocycles. The third-order valence-electron chi connectivity index (χ3n) is 2.68. The van der Waals surface area contributed by atoms with Crippen LogP contribution < -0.4 is 5.32 Å². The SMILES string of the molecule is CCc1nncn1CCNC(C)CC(C)C. The van der Waals surface area contributed by atoms with Crippen molar-refractivity contribution >= 4 is 0 Å². The second-order valence-electron chi connectivity index (χ2n) is 4.78. The zero-order chi connectivity index (χ0) is 12.0.